The van der Waals surface area contributed by atoms with Gasteiger partial charge >= 0.3 is 0 Å². The molecule has 4 nitrogen and oxygen atoms in total. The molecule has 0 saturated carbocycles. The van der Waals surface area contributed by atoms with Crippen molar-refractivity contribution in [1.29, 1.82) is 0 Å². The fourth-order valence-corrected chi connectivity index (χ4v) is 3.93. The van der Waals surface area contributed by atoms with E-state index in [1.165, 1.54) is 55.3 Å². The summed E-state index contributed by atoms with van der Waals surface area (Å²) in [4.78, 5) is 0. The lowest BCUT2D eigenvalue weighted by molar-refractivity contribution is 0.944. The van der Waals surface area contributed by atoms with Crippen molar-refractivity contribution in [2.24, 2.45) is 22.9 Å². The molecule has 0 bridgehead atoms. The molecule has 120 valence electrons. The molecule has 0 fully saturated rings. The van der Waals surface area contributed by atoms with E-state index in [2.05, 4.69) is 27.7 Å². The van der Waals surface area contributed by atoms with E-state index in [1.54, 1.807) is 0 Å². The summed E-state index contributed by atoms with van der Waals surface area (Å²) in [6.45, 7) is 10.6. The van der Waals surface area contributed by atoms with Crippen LogP contribution in [0.25, 0.3) is 10.8 Å². The van der Waals surface area contributed by atoms with E-state index in [0.29, 0.717) is 26.2 Å². The van der Waals surface area contributed by atoms with Gasteiger partial charge in [-0.1, -0.05) is 0 Å². The lowest BCUT2D eigenvalue weighted by atomic mass is 9.82. The third-order valence-corrected chi connectivity index (χ3v) is 5.11. The van der Waals surface area contributed by atoms with Crippen molar-refractivity contribution in [3.05, 3.63) is 44.5 Å². The molecule has 0 spiro atoms. The summed E-state index contributed by atoms with van der Waals surface area (Å²) >= 11 is 0. The fraction of sp³-hybridized carbons (Fsp3) is 0.444. The summed E-state index contributed by atoms with van der Waals surface area (Å²) in [5.74, 6) is 0. The zero-order valence-corrected chi connectivity index (χ0v) is 14.1. The van der Waals surface area contributed by atoms with Crippen LogP contribution in [-0.4, -0.2) is 0 Å². The highest BCUT2D eigenvalue weighted by Gasteiger charge is 2.20. The first-order valence-electron chi connectivity index (χ1n) is 7.80. The monoisotopic (exact) mass is 300 g/mol. The maximum atomic E-state index is 6.00. The van der Waals surface area contributed by atoms with Gasteiger partial charge in [-0.3, -0.25) is 0 Å². The van der Waals surface area contributed by atoms with E-state index < -0.39 is 0 Å². The second-order valence-corrected chi connectivity index (χ2v) is 5.98. The molecule has 4 heteroatoms. The standard InChI is InChI=1S/C18H28N4/c1-9-13(5-19)14(6-20)11(3)18-12(4)16(8-22)15(7-21)10(2)17(9)18/h5-8,19-22H2,1-4H3. The van der Waals surface area contributed by atoms with Gasteiger partial charge in [0.15, 0.2) is 0 Å². The van der Waals surface area contributed by atoms with Crippen LogP contribution in [0.1, 0.15) is 44.5 Å². The number of aryl methyl sites for hydroxylation is 4. The van der Waals surface area contributed by atoms with E-state index in [0.717, 1.165) is 0 Å². The van der Waals surface area contributed by atoms with Gasteiger partial charge in [-0.2, -0.15) is 0 Å². The van der Waals surface area contributed by atoms with Gasteiger partial charge in [0.05, 0.1) is 0 Å². The predicted octanol–water partition coefficient (Wildman–Crippen LogP) is 1.91. The second-order valence-electron chi connectivity index (χ2n) is 5.98. The molecule has 2 rings (SSSR count). The van der Waals surface area contributed by atoms with Crippen LogP contribution in [0.4, 0.5) is 0 Å². The molecular weight excluding hydrogens is 272 g/mol. The van der Waals surface area contributed by atoms with E-state index in [4.69, 9.17) is 22.9 Å². The molecule has 2 aromatic rings. The number of nitrogens with two attached hydrogens (primary N) is 4. The highest BCUT2D eigenvalue weighted by Crippen LogP contribution is 2.37. The minimum atomic E-state index is 0.504. The average Bonchev–Trinajstić information content (AvgIpc) is 2.51. The number of fused-ring (bicyclic) bond motifs is 1. The van der Waals surface area contributed by atoms with Crippen LogP contribution in [0.3, 0.4) is 0 Å². The van der Waals surface area contributed by atoms with Gasteiger partial charge in [-0.15, -0.1) is 0 Å². The molecule has 2 aromatic carbocycles. The van der Waals surface area contributed by atoms with Crippen LogP contribution in [0.5, 0.6) is 0 Å². The summed E-state index contributed by atoms with van der Waals surface area (Å²) in [6.07, 6.45) is 0. The van der Waals surface area contributed by atoms with Crippen LogP contribution in [0.2, 0.25) is 0 Å². The smallest absolute Gasteiger partial charge is 0.0184 e. The molecule has 0 saturated heterocycles. The van der Waals surface area contributed by atoms with Crippen LogP contribution in [0, 0.1) is 27.7 Å². The van der Waals surface area contributed by atoms with E-state index in [-0.39, 0.29) is 0 Å². The minimum absolute atomic E-state index is 0.504. The summed E-state index contributed by atoms with van der Waals surface area (Å²) < 4.78 is 0. The van der Waals surface area contributed by atoms with Crippen molar-refractivity contribution in [3.8, 4) is 0 Å². The van der Waals surface area contributed by atoms with Crippen molar-refractivity contribution in [1.82, 2.24) is 0 Å². The number of rotatable bonds is 4. The van der Waals surface area contributed by atoms with Gasteiger partial charge in [0.2, 0.25) is 0 Å². The fourth-order valence-electron chi connectivity index (χ4n) is 3.93. The molecule has 0 unspecified atom stereocenters. The summed E-state index contributed by atoms with van der Waals surface area (Å²) in [6, 6.07) is 0. The SMILES string of the molecule is Cc1c(CN)c(CN)c(C)c2c(C)c(CN)c(CN)c(C)c12. The highest BCUT2D eigenvalue weighted by atomic mass is 14.6. The molecule has 8 N–H and O–H groups in total. The van der Waals surface area contributed by atoms with E-state index >= 15 is 0 Å². The minimum Gasteiger partial charge on any atom is -0.326 e. The quantitative estimate of drug-likeness (QED) is 0.692. The maximum Gasteiger partial charge on any atom is 0.0184 e. The maximum absolute atomic E-state index is 6.00. The second kappa shape index (κ2) is 6.34. The highest BCUT2D eigenvalue weighted by molar-refractivity contribution is 5.97. The van der Waals surface area contributed by atoms with Gasteiger partial charge in [-0.05, 0) is 83.0 Å². The van der Waals surface area contributed by atoms with Gasteiger partial charge in [-0.25, -0.2) is 0 Å². The summed E-state index contributed by atoms with van der Waals surface area (Å²) in [5, 5.41) is 2.54. The van der Waals surface area contributed by atoms with Crippen molar-refractivity contribution in [2.75, 3.05) is 0 Å². The summed E-state index contributed by atoms with van der Waals surface area (Å²) in [7, 11) is 0. The molecule has 22 heavy (non-hydrogen) atoms. The van der Waals surface area contributed by atoms with Crippen molar-refractivity contribution >= 4 is 10.8 Å². The molecule has 0 atom stereocenters. The Bertz CT molecular complexity index is 611. The Morgan fingerprint density at radius 2 is 0.636 bits per heavy atom. The lowest BCUT2D eigenvalue weighted by Crippen LogP contribution is -2.15. The largest absolute Gasteiger partial charge is 0.326 e. The number of hydrogen-bond acceptors (Lipinski definition) is 4. The molecule has 0 radical (unpaired) electrons. The number of benzene rings is 2. The Balaban J connectivity index is 3.14. The Morgan fingerprint density at radius 1 is 0.455 bits per heavy atom. The average molecular weight is 300 g/mol. The molecule has 0 aliphatic rings. The van der Waals surface area contributed by atoms with Crippen LogP contribution in [-0.2, 0) is 26.2 Å². The van der Waals surface area contributed by atoms with Gasteiger partial charge in [0.25, 0.3) is 0 Å². The summed E-state index contributed by atoms with van der Waals surface area (Å²) in [5.41, 5.74) is 33.6. The molecule has 0 aromatic heterocycles. The number of hydrogen-bond donors (Lipinski definition) is 4. The van der Waals surface area contributed by atoms with E-state index in [9.17, 15) is 0 Å². The van der Waals surface area contributed by atoms with Gasteiger partial charge in [0.1, 0.15) is 0 Å². The first-order chi connectivity index (χ1) is 10.4. The molecule has 0 aliphatic heterocycles. The Labute approximate surface area is 132 Å². The molecular formula is C18H28N4. The predicted molar refractivity (Wildman–Crippen MR) is 94.5 cm³/mol. The Morgan fingerprint density at radius 3 is 0.773 bits per heavy atom. The van der Waals surface area contributed by atoms with Crippen LogP contribution >= 0.6 is 0 Å². The molecule has 0 heterocycles. The normalized spacial score (nSPS) is 11.5. The van der Waals surface area contributed by atoms with Crippen molar-refractivity contribution < 1.29 is 0 Å². The van der Waals surface area contributed by atoms with Gasteiger partial charge < -0.3 is 22.9 Å². The van der Waals surface area contributed by atoms with Crippen molar-refractivity contribution in [2.45, 2.75) is 53.9 Å². The lowest BCUT2D eigenvalue weighted by Gasteiger charge is -2.24. The third kappa shape index (κ3) is 2.23. The van der Waals surface area contributed by atoms with Crippen LogP contribution in [0.15, 0.2) is 0 Å². The zero-order valence-electron chi connectivity index (χ0n) is 14.1. The molecule has 0 aliphatic carbocycles. The van der Waals surface area contributed by atoms with Gasteiger partial charge in [0, 0.05) is 26.2 Å². The molecule has 0 amide bonds. The van der Waals surface area contributed by atoms with Crippen LogP contribution < -0.4 is 22.9 Å². The third-order valence-electron chi connectivity index (χ3n) is 5.11. The zero-order chi connectivity index (χ0) is 16.6. The van der Waals surface area contributed by atoms with E-state index in [1.807, 2.05) is 0 Å². The Hall–Kier alpha value is -1.46. The Kier molecular flexibility index (Phi) is 4.87. The van der Waals surface area contributed by atoms with Crippen molar-refractivity contribution in [3.63, 3.8) is 0 Å². The topological polar surface area (TPSA) is 104 Å². The first-order valence-corrected chi connectivity index (χ1v) is 7.80. The first kappa shape index (κ1) is 16.9.